The van der Waals surface area contributed by atoms with Crippen molar-refractivity contribution in [2.75, 3.05) is 19.6 Å². The highest BCUT2D eigenvalue weighted by atomic mass is 16.3. The second-order valence-electron chi connectivity index (χ2n) is 4.77. The van der Waals surface area contributed by atoms with Gasteiger partial charge in [-0.15, -0.1) is 0 Å². The highest BCUT2D eigenvalue weighted by Gasteiger charge is 2.31. The van der Waals surface area contributed by atoms with Gasteiger partial charge in [0.25, 0.3) is 0 Å². The molecule has 5 nitrogen and oxygen atoms in total. The Labute approximate surface area is 106 Å². The van der Waals surface area contributed by atoms with Crippen LogP contribution in [0.4, 0.5) is 0 Å². The summed E-state index contributed by atoms with van der Waals surface area (Å²) < 4.78 is 0. The SMILES string of the molecule is O=C(Cc1ccc(O)cc1)NCC1(O)CCNC1. The maximum atomic E-state index is 11.7. The fourth-order valence-electron chi connectivity index (χ4n) is 2.01. The van der Waals surface area contributed by atoms with Crippen LogP contribution in [0.15, 0.2) is 24.3 Å². The number of phenolic OH excluding ortho intramolecular Hbond substituents is 1. The van der Waals surface area contributed by atoms with Gasteiger partial charge >= 0.3 is 0 Å². The standard InChI is InChI=1S/C13H18N2O3/c16-11-3-1-10(2-4-11)7-12(17)15-9-13(18)5-6-14-8-13/h1-4,14,16,18H,5-9H2,(H,15,17). The molecule has 0 bridgehead atoms. The van der Waals surface area contributed by atoms with Crippen LogP contribution in [0.25, 0.3) is 0 Å². The average molecular weight is 250 g/mol. The third-order valence-electron chi connectivity index (χ3n) is 3.14. The van der Waals surface area contributed by atoms with Crippen molar-refractivity contribution in [3.8, 4) is 5.75 Å². The minimum atomic E-state index is -0.815. The van der Waals surface area contributed by atoms with Crippen molar-refractivity contribution in [3.63, 3.8) is 0 Å². The summed E-state index contributed by atoms with van der Waals surface area (Å²) in [5, 5.41) is 25.0. The molecule has 0 aromatic heterocycles. The van der Waals surface area contributed by atoms with E-state index in [4.69, 9.17) is 5.11 Å². The molecule has 1 aromatic carbocycles. The number of nitrogens with one attached hydrogen (secondary N) is 2. The molecule has 2 rings (SSSR count). The molecule has 18 heavy (non-hydrogen) atoms. The predicted molar refractivity (Wildman–Crippen MR) is 67.3 cm³/mol. The fourth-order valence-corrected chi connectivity index (χ4v) is 2.01. The zero-order valence-electron chi connectivity index (χ0n) is 10.1. The van der Waals surface area contributed by atoms with Gasteiger partial charge in [-0.2, -0.15) is 0 Å². The number of amides is 1. The second-order valence-corrected chi connectivity index (χ2v) is 4.77. The smallest absolute Gasteiger partial charge is 0.224 e. The molecule has 1 saturated heterocycles. The highest BCUT2D eigenvalue weighted by molar-refractivity contribution is 5.78. The van der Waals surface area contributed by atoms with Gasteiger partial charge in [0.05, 0.1) is 12.0 Å². The van der Waals surface area contributed by atoms with Crippen molar-refractivity contribution in [1.29, 1.82) is 0 Å². The number of aromatic hydroxyl groups is 1. The number of hydrogen-bond donors (Lipinski definition) is 4. The Balaban J connectivity index is 1.80. The number of hydrogen-bond acceptors (Lipinski definition) is 4. The number of benzene rings is 1. The van der Waals surface area contributed by atoms with Gasteiger partial charge in [0, 0.05) is 13.1 Å². The van der Waals surface area contributed by atoms with Crippen molar-refractivity contribution in [2.45, 2.75) is 18.4 Å². The third kappa shape index (κ3) is 3.45. The first-order chi connectivity index (χ1) is 8.57. The van der Waals surface area contributed by atoms with Crippen LogP contribution in [0.3, 0.4) is 0 Å². The summed E-state index contributed by atoms with van der Waals surface area (Å²) in [5.41, 5.74) is 0.0202. The number of aliphatic hydroxyl groups is 1. The topological polar surface area (TPSA) is 81.6 Å². The summed E-state index contributed by atoms with van der Waals surface area (Å²) in [5.74, 6) is 0.0616. The molecular formula is C13H18N2O3. The van der Waals surface area contributed by atoms with E-state index in [1.54, 1.807) is 24.3 Å². The van der Waals surface area contributed by atoms with Crippen LogP contribution in [-0.2, 0) is 11.2 Å². The van der Waals surface area contributed by atoms with Gasteiger partial charge in [-0.05, 0) is 30.7 Å². The molecule has 0 aliphatic carbocycles. The van der Waals surface area contributed by atoms with E-state index in [1.165, 1.54) is 0 Å². The van der Waals surface area contributed by atoms with E-state index in [0.29, 0.717) is 13.0 Å². The van der Waals surface area contributed by atoms with Crippen molar-refractivity contribution < 1.29 is 15.0 Å². The van der Waals surface area contributed by atoms with E-state index < -0.39 is 5.60 Å². The molecule has 1 amide bonds. The van der Waals surface area contributed by atoms with Crippen molar-refractivity contribution in [2.24, 2.45) is 0 Å². The maximum Gasteiger partial charge on any atom is 0.224 e. The summed E-state index contributed by atoms with van der Waals surface area (Å²) in [6.07, 6.45) is 0.913. The molecule has 4 N–H and O–H groups in total. The van der Waals surface area contributed by atoms with Crippen LogP contribution < -0.4 is 10.6 Å². The number of carbonyl (C=O) groups is 1. The van der Waals surface area contributed by atoms with Crippen LogP contribution >= 0.6 is 0 Å². The summed E-state index contributed by atoms with van der Waals surface area (Å²) in [6.45, 7) is 1.58. The van der Waals surface area contributed by atoms with Crippen LogP contribution in [0, 0.1) is 0 Å². The van der Waals surface area contributed by atoms with Crippen molar-refractivity contribution in [3.05, 3.63) is 29.8 Å². The molecule has 1 heterocycles. The Morgan fingerprint density at radius 1 is 1.39 bits per heavy atom. The first-order valence-corrected chi connectivity index (χ1v) is 6.05. The molecule has 5 heteroatoms. The monoisotopic (exact) mass is 250 g/mol. The van der Waals surface area contributed by atoms with Gasteiger partial charge in [-0.3, -0.25) is 4.79 Å². The minimum Gasteiger partial charge on any atom is -0.508 e. The largest absolute Gasteiger partial charge is 0.508 e. The molecular weight excluding hydrogens is 232 g/mol. The molecule has 1 aliphatic heterocycles. The van der Waals surface area contributed by atoms with Crippen molar-refractivity contribution >= 4 is 5.91 Å². The Morgan fingerprint density at radius 3 is 2.72 bits per heavy atom. The van der Waals surface area contributed by atoms with Gasteiger partial charge < -0.3 is 20.8 Å². The first kappa shape index (κ1) is 12.9. The lowest BCUT2D eigenvalue weighted by atomic mass is 10.0. The molecule has 0 spiro atoms. The zero-order chi connectivity index (χ0) is 13.0. The lowest BCUT2D eigenvalue weighted by Crippen LogP contribution is -2.44. The summed E-state index contributed by atoms with van der Waals surface area (Å²) in [6, 6.07) is 6.52. The van der Waals surface area contributed by atoms with E-state index in [-0.39, 0.29) is 24.6 Å². The third-order valence-corrected chi connectivity index (χ3v) is 3.14. The lowest BCUT2D eigenvalue weighted by Gasteiger charge is -2.21. The minimum absolute atomic E-state index is 0.124. The molecule has 98 valence electrons. The van der Waals surface area contributed by atoms with Gasteiger partial charge in [-0.25, -0.2) is 0 Å². The number of phenols is 1. The van der Waals surface area contributed by atoms with Gasteiger partial charge in [-0.1, -0.05) is 12.1 Å². The van der Waals surface area contributed by atoms with Crippen LogP contribution in [0.5, 0.6) is 5.75 Å². The average Bonchev–Trinajstić information content (AvgIpc) is 2.78. The summed E-state index contributed by atoms with van der Waals surface area (Å²) in [7, 11) is 0. The summed E-state index contributed by atoms with van der Waals surface area (Å²) in [4.78, 5) is 11.7. The molecule has 1 aliphatic rings. The Hall–Kier alpha value is -1.59. The van der Waals surface area contributed by atoms with Gasteiger partial charge in [0.1, 0.15) is 5.75 Å². The number of β-amino-alcohol motifs (C(OH)–C–C–N with tert-alkyl or cyclic N) is 1. The van der Waals surface area contributed by atoms with Crippen molar-refractivity contribution in [1.82, 2.24) is 10.6 Å². The van der Waals surface area contributed by atoms with Crippen LogP contribution in [-0.4, -0.2) is 41.4 Å². The van der Waals surface area contributed by atoms with Crippen LogP contribution in [0.1, 0.15) is 12.0 Å². The molecule has 0 saturated carbocycles. The van der Waals surface area contributed by atoms with Crippen LogP contribution in [0.2, 0.25) is 0 Å². The predicted octanol–water partition coefficient (Wildman–Crippen LogP) is -0.225. The molecule has 1 aromatic rings. The number of rotatable bonds is 4. The van der Waals surface area contributed by atoms with E-state index >= 15 is 0 Å². The molecule has 1 fully saturated rings. The Kier molecular flexibility index (Phi) is 3.84. The van der Waals surface area contributed by atoms with E-state index in [1.807, 2.05) is 0 Å². The van der Waals surface area contributed by atoms with Gasteiger partial charge in [0.15, 0.2) is 0 Å². The van der Waals surface area contributed by atoms with E-state index in [2.05, 4.69) is 10.6 Å². The summed E-state index contributed by atoms with van der Waals surface area (Å²) >= 11 is 0. The lowest BCUT2D eigenvalue weighted by molar-refractivity contribution is -0.121. The highest BCUT2D eigenvalue weighted by Crippen LogP contribution is 2.13. The molecule has 1 atom stereocenters. The zero-order valence-corrected chi connectivity index (χ0v) is 10.1. The molecule has 0 radical (unpaired) electrons. The Morgan fingerprint density at radius 2 is 2.11 bits per heavy atom. The van der Waals surface area contributed by atoms with E-state index in [0.717, 1.165) is 12.1 Å². The van der Waals surface area contributed by atoms with Gasteiger partial charge in [0.2, 0.25) is 5.91 Å². The Bertz CT molecular complexity index is 411. The first-order valence-electron chi connectivity index (χ1n) is 6.05. The normalized spacial score (nSPS) is 22.9. The molecule has 1 unspecified atom stereocenters. The number of carbonyl (C=O) groups excluding carboxylic acids is 1. The maximum absolute atomic E-state index is 11.7. The quantitative estimate of drug-likeness (QED) is 0.595. The fraction of sp³-hybridized carbons (Fsp3) is 0.462. The second kappa shape index (κ2) is 5.37. The van der Waals surface area contributed by atoms with E-state index in [9.17, 15) is 9.90 Å².